The van der Waals surface area contributed by atoms with Gasteiger partial charge in [0.2, 0.25) is 0 Å². The van der Waals surface area contributed by atoms with Crippen molar-refractivity contribution in [3.05, 3.63) is 11.6 Å². The molecule has 82 valence electrons. The molecule has 0 heterocycles. The Morgan fingerprint density at radius 2 is 2.21 bits per heavy atom. The van der Waals surface area contributed by atoms with Crippen molar-refractivity contribution in [2.45, 2.75) is 33.2 Å². The van der Waals surface area contributed by atoms with E-state index in [9.17, 15) is 0 Å². The van der Waals surface area contributed by atoms with Gasteiger partial charge >= 0.3 is 0 Å². The van der Waals surface area contributed by atoms with Gasteiger partial charge in [-0.15, -0.1) is 0 Å². The molecule has 1 atom stereocenters. The summed E-state index contributed by atoms with van der Waals surface area (Å²) >= 11 is 5.04. The van der Waals surface area contributed by atoms with Gasteiger partial charge in [0, 0.05) is 12.6 Å². The molecule has 0 aromatic carbocycles. The van der Waals surface area contributed by atoms with Crippen LogP contribution in [0.1, 0.15) is 27.2 Å². The molecule has 0 aromatic rings. The van der Waals surface area contributed by atoms with Crippen molar-refractivity contribution < 1.29 is 5.11 Å². The summed E-state index contributed by atoms with van der Waals surface area (Å²) in [4.78, 5) is 0. The van der Waals surface area contributed by atoms with E-state index in [0.29, 0.717) is 11.7 Å². The van der Waals surface area contributed by atoms with E-state index in [2.05, 4.69) is 37.5 Å². The van der Waals surface area contributed by atoms with Crippen molar-refractivity contribution in [1.82, 2.24) is 10.6 Å². The molecule has 4 heteroatoms. The summed E-state index contributed by atoms with van der Waals surface area (Å²) in [5, 5.41) is 15.2. The Morgan fingerprint density at radius 1 is 1.57 bits per heavy atom. The SMILES string of the molecule is CC/C=C(/C)C(C)NC(=S)NCCO. The van der Waals surface area contributed by atoms with Gasteiger partial charge in [-0.1, -0.05) is 18.6 Å². The molecule has 0 aliphatic rings. The third kappa shape index (κ3) is 5.94. The van der Waals surface area contributed by atoms with Crippen LogP contribution in [0.15, 0.2) is 11.6 Å². The van der Waals surface area contributed by atoms with Gasteiger partial charge in [-0.05, 0) is 32.5 Å². The minimum Gasteiger partial charge on any atom is -0.395 e. The monoisotopic (exact) mass is 216 g/mol. The van der Waals surface area contributed by atoms with E-state index in [0.717, 1.165) is 6.42 Å². The molecule has 0 aromatic heterocycles. The summed E-state index contributed by atoms with van der Waals surface area (Å²) in [7, 11) is 0. The van der Waals surface area contributed by atoms with Gasteiger partial charge in [0.15, 0.2) is 5.11 Å². The van der Waals surface area contributed by atoms with Crippen molar-refractivity contribution in [1.29, 1.82) is 0 Å². The topological polar surface area (TPSA) is 44.3 Å². The van der Waals surface area contributed by atoms with E-state index in [1.165, 1.54) is 5.57 Å². The minimum atomic E-state index is 0.0972. The smallest absolute Gasteiger partial charge is 0.166 e. The van der Waals surface area contributed by atoms with Crippen molar-refractivity contribution in [3.8, 4) is 0 Å². The zero-order valence-electron chi connectivity index (χ0n) is 9.13. The number of hydrogen-bond donors (Lipinski definition) is 3. The molecule has 0 bridgehead atoms. The van der Waals surface area contributed by atoms with Crippen molar-refractivity contribution in [3.63, 3.8) is 0 Å². The lowest BCUT2D eigenvalue weighted by Gasteiger charge is -2.17. The maximum atomic E-state index is 8.58. The Bertz CT molecular complexity index is 204. The summed E-state index contributed by atoms with van der Waals surface area (Å²) in [6, 6.07) is 0.244. The molecule has 0 saturated heterocycles. The van der Waals surface area contributed by atoms with Gasteiger partial charge in [-0.2, -0.15) is 0 Å². The highest BCUT2D eigenvalue weighted by atomic mass is 32.1. The molecule has 0 rings (SSSR count). The van der Waals surface area contributed by atoms with Crippen LogP contribution < -0.4 is 10.6 Å². The summed E-state index contributed by atoms with van der Waals surface area (Å²) in [6.07, 6.45) is 3.21. The average Bonchev–Trinajstić information content (AvgIpc) is 2.15. The molecule has 0 aliphatic carbocycles. The Labute approximate surface area is 91.6 Å². The van der Waals surface area contributed by atoms with Crippen molar-refractivity contribution in [2.75, 3.05) is 13.2 Å². The van der Waals surface area contributed by atoms with Gasteiger partial charge in [0.25, 0.3) is 0 Å². The first-order valence-electron chi connectivity index (χ1n) is 4.93. The largest absolute Gasteiger partial charge is 0.395 e. The number of nitrogens with one attached hydrogen (secondary N) is 2. The number of aliphatic hydroxyl groups excluding tert-OH is 1. The Kier molecular flexibility index (Phi) is 7.42. The van der Waals surface area contributed by atoms with E-state index in [4.69, 9.17) is 17.3 Å². The molecule has 0 fully saturated rings. The summed E-state index contributed by atoms with van der Waals surface area (Å²) in [6.45, 7) is 6.85. The van der Waals surface area contributed by atoms with Gasteiger partial charge in [-0.3, -0.25) is 0 Å². The van der Waals surface area contributed by atoms with E-state index in [-0.39, 0.29) is 12.6 Å². The number of hydrogen-bond acceptors (Lipinski definition) is 2. The van der Waals surface area contributed by atoms with E-state index in [1.807, 2.05) is 0 Å². The Hall–Kier alpha value is -0.610. The zero-order chi connectivity index (χ0) is 11.0. The van der Waals surface area contributed by atoms with Crippen LogP contribution in [0.25, 0.3) is 0 Å². The maximum Gasteiger partial charge on any atom is 0.166 e. The van der Waals surface area contributed by atoms with Crippen LogP contribution in [0.2, 0.25) is 0 Å². The normalized spacial score (nSPS) is 13.6. The number of thiocarbonyl (C=S) groups is 1. The van der Waals surface area contributed by atoms with Crippen LogP contribution in [-0.4, -0.2) is 29.4 Å². The zero-order valence-corrected chi connectivity index (χ0v) is 9.95. The second-order valence-electron chi connectivity index (χ2n) is 3.20. The van der Waals surface area contributed by atoms with Gasteiger partial charge in [0.05, 0.1) is 6.61 Å². The van der Waals surface area contributed by atoms with E-state index < -0.39 is 0 Å². The van der Waals surface area contributed by atoms with E-state index >= 15 is 0 Å². The van der Waals surface area contributed by atoms with Gasteiger partial charge < -0.3 is 15.7 Å². The Balaban J connectivity index is 3.87. The summed E-state index contributed by atoms with van der Waals surface area (Å²) in [5.41, 5.74) is 1.28. The molecule has 0 amide bonds. The fourth-order valence-electron chi connectivity index (χ4n) is 1.03. The second-order valence-corrected chi connectivity index (χ2v) is 3.61. The van der Waals surface area contributed by atoms with Crippen LogP contribution in [0.5, 0.6) is 0 Å². The summed E-state index contributed by atoms with van der Waals surface area (Å²) < 4.78 is 0. The maximum absolute atomic E-state index is 8.58. The van der Waals surface area contributed by atoms with Crippen LogP contribution in [-0.2, 0) is 0 Å². The fraction of sp³-hybridized carbons (Fsp3) is 0.700. The third-order valence-electron chi connectivity index (χ3n) is 1.95. The molecule has 0 spiro atoms. The lowest BCUT2D eigenvalue weighted by atomic mass is 10.1. The molecule has 0 aliphatic heterocycles. The molecular weight excluding hydrogens is 196 g/mol. The molecule has 0 radical (unpaired) electrons. The minimum absolute atomic E-state index is 0.0972. The number of rotatable bonds is 5. The van der Waals surface area contributed by atoms with Gasteiger partial charge in [0.1, 0.15) is 0 Å². The average molecular weight is 216 g/mol. The highest BCUT2D eigenvalue weighted by Gasteiger charge is 2.04. The third-order valence-corrected chi connectivity index (χ3v) is 2.22. The molecular formula is C10H20N2OS. The van der Waals surface area contributed by atoms with Crippen LogP contribution in [0.3, 0.4) is 0 Å². The molecule has 3 nitrogen and oxygen atoms in total. The van der Waals surface area contributed by atoms with Crippen molar-refractivity contribution >= 4 is 17.3 Å². The standard InChI is InChI=1S/C10H20N2OS/c1-4-5-8(2)9(3)12-10(14)11-6-7-13/h5,9,13H,4,6-7H2,1-3H3,(H2,11,12,14)/b8-5-. The first-order chi connectivity index (χ1) is 6.61. The fourth-order valence-corrected chi connectivity index (χ4v) is 1.31. The van der Waals surface area contributed by atoms with Crippen LogP contribution >= 0.6 is 12.2 Å². The quantitative estimate of drug-likeness (QED) is 0.477. The number of allylic oxidation sites excluding steroid dienone is 1. The molecule has 14 heavy (non-hydrogen) atoms. The first-order valence-corrected chi connectivity index (χ1v) is 5.34. The lowest BCUT2D eigenvalue weighted by Crippen LogP contribution is -2.42. The lowest BCUT2D eigenvalue weighted by molar-refractivity contribution is 0.300. The molecule has 0 saturated carbocycles. The van der Waals surface area contributed by atoms with Crippen LogP contribution in [0, 0.1) is 0 Å². The van der Waals surface area contributed by atoms with E-state index in [1.54, 1.807) is 0 Å². The number of aliphatic hydroxyl groups is 1. The van der Waals surface area contributed by atoms with Crippen LogP contribution in [0.4, 0.5) is 0 Å². The van der Waals surface area contributed by atoms with Gasteiger partial charge in [-0.25, -0.2) is 0 Å². The highest BCUT2D eigenvalue weighted by Crippen LogP contribution is 2.01. The predicted octanol–water partition coefficient (Wildman–Crippen LogP) is 1.19. The van der Waals surface area contributed by atoms with Crippen molar-refractivity contribution in [2.24, 2.45) is 0 Å². The second kappa shape index (κ2) is 7.76. The molecule has 3 N–H and O–H groups in total. The summed E-state index contributed by atoms with van der Waals surface area (Å²) in [5.74, 6) is 0. The predicted molar refractivity (Wildman–Crippen MR) is 64.3 cm³/mol. The first kappa shape index (κ1) is 13.4. The highest BCUT2D eigenvalue weighted by molar-refractivity contribution is 7.80. The Morgan fingerprint density at radius 3 is 2.71 bits per heavy atom. The molecule has 1 unspecified atom stereocenters.